The molecule has 21 heavy (non-hydrogen) atoms. The Morgan fingerprint density at radius 3 is 2.81 bits per heavy atom. The maximum Gasteiger partial charge on any atom is 0.169 e. The lowest BCUT2D eigenvalue weighted by Crippen LogP contribution is -2.47. The number of nitrogens with two attached hydrogens (primary N) is 1. The molecule has 1 saturated heterocycles. The first-order valence-corrected chi connectivity index (χ1v) is 9.99. The van der Waals surface area contributed by atoms with E-state index in [0.29, 0.717) is 29.9 Å². The van der Waals surface area contributed by atoms with Crippen LogP contribution in [0.4, 0.5) is 11.6 Å². The van der Waals surface area contributed by atoms with E-state index in [1.165, 1.54) is 6.26 Å². The van der Waals surface area contributed by atoms with Gasteiger partial charge in [-0.3, -0.25) is 0 Å². The SMILES string of the molecule is CS(=O)(=O)C1CSCCN1c1cc(NN)nc(C2CC2)n1. The molecular formula is C12H19N5O2S2. The Hall–Kier alpha value is -1.06. The summed E-state index contributed by atoms with van der Waals surface area (Å²) in [6, 6.07) is 1.72. The molecule has 2 heterocycles. The largest absolute Gasteiger partial charge is 0.338 e. The minimum atomic E-state index is -3.17. The maximum atomic E-state index is 12.0. The van der Waals surface area contributed by atoms with Crippen molar-refractivity contribution in [2.24, 2.45) is 5.84 Å². The van der Waals surface area contributed by atoms with Crippen molar-refractivity contribution in [3.05, 3.63) is 11.9 Å². The molecule has 1 aromatic rings. The number of rotatable bonds is 4. The van der Waals surface area contributed by atoms with Gasteiger partial charge in [0.25, 0.3) is 0 Å². The Morgan fingerprint density at radius 2 is 2.19 bits per heavy atom. The average Bonchev–Trinajstić information content (AvgIpc) is 3.30. The summed E-state index contributed by atoms with van der Waals surface area (Å²) in [6.45, 7) is 0.660. The molecule has 3 rings (SSSR count). The molecule has 1 aliphatic heterocycles. The van der Waals surface area contributed by atoms with Crippen molar-refractivity contribution in [2.75, 3.05) is 34.6 Å². The van der Waals surface area contributed by atoms with Gasteiger partial charge in [-0.25, -0.2) is 24.2 Å². The third kappa shape index (κ3) is 3.24. The summed E-state index contributed by atoms with van der Waals surface area (Å²) >= 11 is 1.66. The Balaban J connectivity index is 1.98. The number of aromatic nitrogens is 2. The number of hydrogen-bond acceptors (Lipinski definition) is 8. The minimum Gasteiger partial charge on any atom is -0.338 e. The first-order valence-electron chi connectivity index (χ1n) is 6.88. The summed E-state index contributed by atoms with van der Waals surface area (Å²) in [5.74, 6) is 9.25. The predicted molar refractivity (Wildman–Crippen MR) is 85.1 cm³/mol. The molecule has 0 aromatic carbocycles. The van der Waals surface area contributed by atoms with Crippen LogP contribution in [0.2, 0.25) is 0 Å². The number of nitrogens with zero attached hydrogens (tertiary/aromatic N) is 3. The lowest BCUT2D eigenvalue weighted by Gasteiger charge is -2.35. The molecular weight excluding hydrogens is 310 g/mol. The fourth-order valence-electron chi connectivity index (χ4n) is 2.40. The van der Waals surface area contributed by atoms with Crippen LogP contribution in [0.1, 0.15) is 24.6 Å². The van der Waals surface area contributed by atoms with Crippen LogP contribution < -0.4 is 16.2 Å². The maximum absolute atomic E-state index is 12.0. The van der Waals surface area contributed by atoms with E-state index in [-0.39, 0.29) is 0 Å². The second kappa shape index (κ2) is 5.62. The van der Waals surface area contributed by atoms with Crippen molar-refractivity contribution in [2.45, 2.75) is 24.1 Å². The van der Waals surface area contributed by atoms with Crippen LogP contribution >= 0.6 is 11.8 Å². The molecule has 0 bridgehead atoms. The Bertz CT molecular complexity index is 633. The molecule has 1 aromatic heterocycles. The van der Waals surface area contributed by atoms with E-state index in [1.54, 1.807) is 17.8 Å². The Morgan fingerprint density at radius 1 is 1.43 bits per heavy atom. The number of hydrazine groups is 1. The fraction of sp³-hybridized carbons (Fsp3) is 0.667. The van der Waals surface area contributed by atoms with Crippen LogP contribution in [0.25, 0.3) is 0 Å². The van der Waals surface area contributed by atoms with E-state index in [2.05, 4.69) is 15.4 Å². The second-order valence-electron chi connectivity index (χ2n) is 5.44. The average molecular weight is 329 g/mol. The molecule has 3 N–H and O–H groups in total. The minimum absolute atomic E-state index is 0.382. The summed E-state index contributed by atoms with van der Waals surface area (Å²) < 4.78 is 24.0. The van der Waals surface area contributed by atoms with Gasteiger partial charge in [0.2, 0.25) is 0 Å². The summed E-state index contributed by atoms with van der Waals surface area (Å²) in [4.78, 5) is 10.8. The number of thioether (sulfide) groups is 1. The highest BCUT2D eigenvalue weighted by Gasteiger charge is 2.34. The normalized spacial score (nSPS) is 23.1. The fourth-order valence-corrected chi connectivity index (χ4v) is 5.22. The van der Waals surface area contributed by atoms with Crippen LogP contribution in [0, 0.1) is 0 Å². The topological polar surface area (TPSA) is 101 Å². The van der Waals surface area contributed by atoms with Crippen LogP contribution in [0.15, 0.2) is 6.07 Å². The van der Waals surface area contributed by atoms with Gasteiger partial charge in [0.1, 0.15) is 22.8 Å². The standard InChI is InChI=1S/C12H19N5O2S2/c1-21(18,19)11-7-20-5-4-17(11)10-6-9(16-13)14-12(15-10)8-2-3-8/h6,8,11H,2-5,7,13H2,1H3,(H,14,15,16). The van der Waals surface area contributed by atoms with Crippen LogP contribution in [0.3, 0.4) is 0 Å². The number of anilines is 2. The molecule has 0 amide bonds. The summed E-state index contributed by atoms with van der Waals surface area (Å²) in [7, 11) is -3.17. The van der Waals surface area contributed by atoms with Crippen molar-refractivity contribution in [3.8, 4) is 0 Å². The van der Waals surface area contributed by atoms with Crippen molar-refractivity contribution >= 4 is 33.2 Å². The molecule has 1 saturated carbocycles. The van der Waals surface area contributed by atoms with Gasteiger partial charge < -0.3 is 10.3 Å². The molecule has 9 heteroatoms. The third-order valence-corrected chi connectivity index (χ3v) is 6.34. The Kier molecular flexibility index (Phi) is 3.98. The molecule has 1 unspecified atom stereocenters. The van der Waals surface area contributed by atoms with E-state index in [9.17, 15) is 8.42 Å². The van der Waals surface area contributed by atoms with E-state index in [1.807, 2.05) is 4.90 Å². The monoisotopic (exact) mass is 329 g/mol. The predicted octanol–water partition coefficient (Wildman–Crippen LogP) is 0.564. The lowest BCUT2D eigenvalue weighted by atomic mass is 10.3. The first kappa shape index (κ1) is 14.9. The van der Waals surface area contributed by atoms with E-state index in [4.69, 9.17) is 5.84 Å². The van der Waals surface area contributed by atoms with Crippen molar-refractivity contribution in [3.63, 3.8) is 0 Å². The van der Waals surface area contributed by atoms with Crippen LogP contribution in [-0.2, 0) is 9.84 Å². The smallest absolute Gasteiger partial charge is 0.169 e. The highest BCUT2D eigenvalue weighted by atomic mass is 32.2. The zero-order valence-corrected chi connectivity index (χ0v) is 13.5. The van der Waals surface area contributed by atoms with E-state index in [0.717, 1.165) is 24.4 Å². The summed E-state index contributed by atoms with van der Waals surface area (Å²) in [6.07, 6.45) is 3.44. The second-order valence-corrected chi connectivity index (χ2v) is 8.79. The van der Waals surface area contributed by atoms with Crippen LogP contribution in [-0.4, -0.2) is 48.1 Å². The van der Waals surface area contributed by atoms with Gasteiger partial charge in [0.05, 0.1) is 0 Å². The number of sulfone groups is 1. The lowest BCUT2D eigenvalue weighted by molar-refractivity contribution is 0.583. The Labute approximate surface area is 128 Å². The number of nitrogens with one attached hydrogen (secondary N) is 1. The highest BCUT2D eigenvalue weighted by Crippen LogP contribution is 2.39. The quantitative estimate of drug-likeness (QED) is 0.610. The zero-order valence-electron chi connectivity index (χ0n) is 11.8. The van der Waals surface area contributed by atoms with Gasteiger partial charge in [0.15, 0.2) is 9.84 Å². The molecule has 2 fully saturated rings. The van der Waals surface area contributed by atoms with Crippen molar-refractivity contribution < 1.29 is 8.42 Å². The van der Waals surface area contributed by atoms with Gasteiger partial charge in [-0.15, -0.1) is 0 Å². The highest BCUT2D eigenvalue weighted by molar-refractivity contribution is 8.01. The van der Waals surface area contributed by atoms with E-state index >= 15 is 0 Å². The number of hydrogen-bond donors (Lipinski definition) is 2. The summed E-state index contributed by atoms with van der Waals surface area (Å²) in [5, 5.41) is -0.538. The molecule has 0 radical (unpaired) electrons. The summed E-state index contributed by atoms with van der Waals surface area (Å²) in [5.41, 5.74) is 2.55. The van der Waals surface area contributed by atoms with Gasteiger partial charge in [-0.05, 0) is 12.8 Å². The van der Waals surface area contributed by atoms with Gasteiger partial charge in [-0.1, -0.05) is 0 Å². The molecule has 7 nitrogen and oxygen atoms in total. The van der Waals surface area contributed by atoms with Crippen LogP contribution in [0.5, 0.6) is 0 Å². The molecule has 1 atom stereocenters. The van der Waals surface area contributed by atoms with Gasteiger partial charge in [0, 0.05) is 36.3 Å². The third-order valence-electron chi connectivity index (χ3n) is 3.69. The van der Waals surface area contributed by atoms with E-state index < -0.39 is 15.2 Å². The van der Waals surface area contributed by atoms with Gasteiger partial charge in [-0.2, -0.15) is 11.8 Å². The van der Waals surface area contributed by atoms with Crippen molar-refractivity contribution in [1.29, 1.82) is 0 Å². The van der Waals surface area contributed by atoms with Crippen molar-refractivity contribution in [1.82, 2.24) is 9.97 Å². The molecule has 2 aliphatic rings. The molecule has 0 spiro atoms. The molecule has 116 valence electrons. The molecule has 1 aliphatic carbocycles. The number of nitrogen functional groups attached to an aromatic ring is 1. The van der Waals surface area contributed by atoms with Gasteiger partial charge >= 0.3 is 0 Å². The zero-order chi connectivity index (χ0) is 15.0. The first-order chi connectivity index (χ1) is 9.99.